The highest BCUT2D eigenvalue weighted by Crippen LogP contribution is 2.07. The fourth-order valence-electron chi connectivity index (χ4n) is 1.84. The molecule has 0 aromatic heterocycles. The van der Waals surface area contributed by atoms with E-state index in [-0.39, 0.29) is 11.9 Å². The first-order chi connectivity index (χ1) is 7.99. The van der Waals surface area contributed by atoms with E-state index in [1.54, 1.807) is 4.90 Å². The minimum Gasteiger partial charge on any atom is -0.344 e. The molecule has 1 atom stereocenters. The Morgan fingerprint density at radius 2 is 2.18 bits per heavy atom. The molecule has 1 aromatic carbocycles. The molecule has 0 fully saturated rings. The van der Waals surface area contributed by atoms with Crippen LogP contribution in [0.15, 0.2) is 24.3 Å². The summed E-state index contributed by atoms with van der Waals surface area (Å²) in [5.74, 6) is 0.156. The predicted octanol–water partition coefficient (Wildman–Crippen LogP) is 1.73. The normalized spacial score (nSPS) is 12.2. The highest BCUT2D eigenvalue weighted by Gasteiger charge is 2.10. The van der Waals surface area contributed by atoms with Crippen molar-refractivity contribution in [3.8, 4) is 0 Å². The molecule has 2 N–H and O–H groups in total. The van der Waals surface area contributed by atoms with Gasteiger partial charge in [0.25, 0.3) is 0 Å². The third-order valence-electron chi connectivity index (χ3n) is 2.70. The average molecular weight is 234 g/mol. The molecular formula is C14H22N2O. The monoisotopic (exact) mass is 234 g/mol. The van der Waals surface area contributed by atoms with Crippen molar-refractivity contribution >= 4 is 5.91 Å². The summed E-state index contributed by atoms with van der Waals surface area (Å²) >= 11 is 0. The summed E-state index contributed by atoms with van der Waals surface area (Å²) in [6, 6.07) is 8.31. The molecule has 0 aliphatic heterocycles. The van der Waals surface area contributed by atoms with Crippen LogP contribution in [-0.2, 0) is 11.2 Å². The summed E-state index contributed by atoms with van der Waals surface area (Å²) in [6.07, 6.45) is 1.34. The van der Waals surface area contributed by atoms with Gasteiger partial charge >= 0.3 is 0 Å². The summed E-state index contributed by atoms with van der Waals surface area (Å²) in [5.41, 5.74) is 8.11. The molecule has 0 aliphatic carbocycles. The van der Waals surface area contributed by atoms with Gasteiger partial charge < -0.3 is 10.6 Å². The van der Waals surface area contributed by atoms with E-state index in [9.17, 15) is 4.79 Å². The van der Waals surface area contributed by atoms with Gasteiger partial charge in [-0.2, -0.15) is 0 Å². The molecule has 0 aliphatic rings. The van der Waals surface area contributed by atoms with Gasteiger partial charge in [0, 0.05) is 26.1 Å². The topological polar surface area (TPSA) is 46.3 Å². The quantitative estimate of drug-likeness (QED) is 0.843. The van der Waals surface area contributed by atoms with Crippen molar-refractivity contribution in [1.29, 1.82) is 0 Å². The van der Waals surface area contributed by atoms with E-state index in [4.69, 9.17) is 5.73 Å². The van der Waals surface area contributed by atoms with Crippen LogP contribution in [0.3, 0.4) is 0 Å². The van der Waals surface area contributed by atoms with Gasteiger partial charge in [0.2, 0.25) is 5.91 Å². The van der Waals surface area contributed by atoms with Gasteiger partial charge in [0.05, 0.1) is 0 Å². The number of hydrogen-bond donors (Lipinski definition) is 1. The minimum absolute atomic E-state index is 0.0305. The maximum atomic E-state index is 11.8. The molecule has 1 rings (SSSR count). The second kappa shape index (κ2) is 6.40. The van der Waals surface area contributed by atoms with Gasteiger partial charge in [-0.3, -0.25) is 4.79 Å². The Labute approximate surface area is 104 Å². The zero-order valence-corrected chi connectivity index (χ0v) is 10.9. The van der Waals surface area contributed by atoms with Gasteiger partial charge in [-0.15, -0.1) is 0 Å². The van der Waals surface area contributed by atoms with E-state index in [0.717, 1.165) is 6.42 Å². The summed E-state index contributed by atoms with van der Waals surface area (Å²) in [6.45, 7) is 4.59. The van der Waals surface area contributed by atoms with Crippen LogP contribution in [0.25, 0.3) is 0 Å². The van der Waals surface area contributed by atoms with Crippen LogP contribution < -0.4 is 5.73 Å². The molecule has 3 heteroatoms. The van der Waals surface area contributed by atoms with Crippen molar-refractivity contribution in [3.05, 3.63) is 35.4 Å². The second-order valence-corrected chi connectivity index (χ2v) is 4.74. The molecular weight excluding hydrogens is 212 g/mol. The number of nitrogens with zero attached hydrogens (tertiary/aromatic N) is 1. The SMILES string of the molecule is Cc1cccc(CCC(=O)N(C)CC(C)N)c1. The minimum atomic E-state index is 0.0305. The van der Waals surface area contributed by atoms with Crippen molar-refractivity contribution < 1.29 is 4.79 Å². The standard InChI is InChI=1S/C14H22N2O/c1-11-5-4-6-13(9-11)7-8-14(17)16(3)10-12(2)15/h4-6,9,12H,7-8,10,15H2,1-3H3. The van der Waals surface area contributed by atoms with Crippen LogP contribution in [-0.4, -0.2) is 30.4 Å². The van der Waals surface area contributed by atoms with Crippen molar-refractivity contribution in [3.63, 3.8) is 0 Å². The Morgan fingerprint density at radius 1 is 1.47 bits per heavy atom. The summed E-state index contributed by atoms with van der Waals surface area (Å²) in [4.78, 5) is 13.5. The van der Waals surface area contributed by atoms with E-state index in [1.165, 1.54) is 11.1 Å². The van der Waals surface area contributed by atoms with Gasteiger partial charge in [-0.1, -0.05) is 29.8 Å². The molecule has 0 bridgehead atoms. The first kappa shape index (κ1) is 13.7. The molecule has 0 heterocycles. The Morgan fingerprint density at radius 3 is 2.76 bits per heavy atom. The van der Waals surface area contributed by atoms with E-state index in [1.807, 2.05) is 20.0 Å². The van der Waals surface area contributed by atoms with Crippen molar-refractivity contribution in [2.24, 2.45) is 5.73 Å². The Kier molecular flexibility index (Phi) is 5.16. The van der Waals surface area contributed by atoms with Crippen LogP contribution in [0.4, 0.5) is 0 Å². The first-order valence-corrected chi connectivity index (χ1v) is 6.04. The second-order valence-electron chi connectivity index (χ2n) is 4.74. The highest BCUT2D eigenvalue weighted by atomic mass is 16.2. The van der Waals surface area contributed by atoms with Gasteiger partial charge in [-0.05, 0) is 25.8 Å². The van der Waals surface area contributed by atoms with Gasteiger partial charge in [-0.25, -0.2) is 0 Å². The molecule has 3 nitrogen and oxygen atoms in total. The molecule has 1 amide bonds. The summed E-state index contributed by atoms with van der Waals surface area (Å²) in [7, 11) is 1.81. The maximum Gasteiger partial charge on any atom is 0.222 e. The smallest absolute Gasteiger partial charge is 0.222 e. The van der Waals surface area contributed by atoms with Crippen molar-refractivity contribution in [2.75, 3.05) is 13.6 Å². The number of aryl methyl sites for hydroxylation is 2. The third kappa shape index (κ3) is 5.00. The van der Waals surface area contributed by atoms with E-state index < -0.39 is 0 Å². The van der Waals surface area contributed by atoms with Crippen molar-refractivity contribution in [2.45, 2.75) is 32.7 Å². The largest absolute Gasteiger partial charge is 0.344 e. The molecule has 0 radical (unpaired) electrons. The van der Waals surface area contributed by atoms with Crippen LogP contribution in [0.2, 0.25) is 0 Å². The lowest BCUT2D eigenvalue weighted by molar-refractivity contribution is -0.130. The zero-order chi connectivity index (χ0) is 12.8. The number of amides is 1. The fraction of sp³-hybridized carbons (Fsp3) is 0.500. The third-order valence-corrected chi connectivity index (χ3v) is 2.70. The molecule has 0 spiro atoms. The number of carbonyl (C=O) groups is 1. The molecule has 94 valence electrons. The van der Waals surface area contributed by atoms with E-state index in [2.05, 4.69) is 25.1 Å². The van der Waals surface area contributed by atoms with Crippen LogP contribution in [0.5, 0.6) is 0 Å². The van der Waals surface area contributed by atoms with Crippen LogP contribution in [0.1, 0.15) is 24.5 Å². The number of likely N-dealkylation sites (N-methyl/N-ethyl adjacent to an activating group) is 1. The van der Waals surface area contributed by atoms with Gasteiger partial charge in [0.1, 0.15) is 0 Å². The lowest BCUT2D eigenvalue weighted by Gasteiger charge is -2.19. The Hall–Kier alpha value is -1.35. The van der Waals surface area contributed by atoms with Gasteiger partial charge in [0.15, 0.2) is 0 Å². The molecule has 1 unspecified atom stereocenters. The summed E-state index contributed by atoms with van der Waals surface area (Å²) < 4.78 is 0. The van der Waals surface area contributed by atoms with E-state index in [0.29, 0.717) is 13.0 Å². The lowest BCUT2D eigenvalue weighted by atomic mass is 10.1. The van der Waals surface area contributed by atoms with Crippen LogP contribution >= 0.6 is 0 Å². The number of hydrogen-bond acceptors (Lipinski definition) is 2. The highest BCUT2D eigenvalue weighted by molar-refractivity contribution is 5.76. The van der Waals surface area contributed by atoms with Crippen LogP contribution in [0, 0.1) is 6.92 Å². The molecule has 0 saturated carbocycles. The Balaban J connectivity index is 2.43. The number of rotatable bonds is 5. The maximum absolute atomic E-state index is 11.8. The predicted molar refractivity (Wildman–Crippen MR) is 70.8 cm³/mol. The summed E-state index contributed by atoms with van der Waals surface area (Å²) in [5, 5.41) is 0. The van der Waals surface area contributed by atoms with E-state index >= 15 is 0 Å². The number of benzene rings is 1. The average Bonchev–Trinajstić information content (AvgIpc) is 2.25. The molecule has 1 aromatic rings. The number of carbonyl (C=O) groups excluding carboxylic acids is 1. The molecule has 17 heavy (non-hydrogen) atoms. The Bertz CT molecular complexity index is 374. The fourth-order valence-corrected chi connectivity index (χ4v) is 1.84. The zero-order valence-electron chi connectivity index (χ0n) is 10.9. The lowest BCUT2D eigenvalue weighted by Crippen LogP contribution is -2.37. The molecule has 0 saturated heterocycles. The first-order valence-electron chi connectivity index (χ1n) is 6.04. The van der Waals surface area contributed by atoms with Crippen molar-refractivity contribution in [1.82, 2.24) is 4.90 Å². The number of nitrogens with two attached hydrogens (primary N) is 1.